The Morgan fingerprint density at radius 1 is 0.875 bits per heavy atom. The van der Waals surface area contributed by atoms with E-state index in [-0.39, 0.29) is 15.4 Å². The predicted octanol–water partition coefficient (Wildman–Crippen LogP) is 4.80. The first kappa shape index (κ1) is 22.3. The lowest BCUT2D eigenvalue weighted by Crippen LogP contribution is -2.35. The van der Waals surface area contributed by atoms with Gasteiger partial charge in [0.1, 0.15) is 11.6 Å². The third-order valence-corrected chi connectivity index (χ3v) is 7.09. The number of benzene rings is 3. The van der Waals surface area contributed by atoms with Gasteiger partial charge in [0.05, 0.1) is 23.0 Å². The van der Waals surface area contributed by atoms with Crippen LogP contribution in [0.15, 0.2) is 76.5 Å². The molecule has 1 fully saturated rings. The molecule has 1 aliphatic heterocycles. The minimum Gasteiger partial charge on any atom is -0.379 e. The molecule has 0 N–H and O–H groups in total. The van der Waals surface area contributed by atoms with Gasteiger partial charge in [-0.15, -0.1) is 0 Å². The van der Waals surface area contributed by atoms with Crippen molar-refractivity contribution in [1.29, 1.82) is 0 Å². The molecular formula is C25H23F2NO3S. The fraction of sp³-hybridized carbons (Fsp3) is 0.200. The number of ether oxygens (including phenoxy) is 1. The van der Waals surface area contributed by atoms with Crippen LogP contribution in [0.2, 0.25) is 0 Å². The second-order valence-corrected chi connectivity index (χ2v) is 9.56. The van der Waals surface area contributed by atoms with Crippen molar-refractivity contribution in [3.8, 4) is 0 Å². The molecule has 0 atom stereocenters. The number of hydrogen-bond donors (Lipinski definition) is 0. The number of hydrogen-bond acceptors (Lipinski definition) is 4. The van der Waals surface area contributed by atoms with Gasteiger partial charge in [-0.2, -0.15) is 0 Å². The summed E-state index contributed by atoms with van der Waals surface area (Å²) in [6, 6.07) is 16.7. The van der Waals surface area contributed by atoms with Crippen LogP contribution in [0.4, 0.5) is 8.78 Å². The number of morpholine rings is 1. The van der Waals surface area contributed by atoms with Gasteiger partial charge in [0.15, 0.2) is 0 Å². The van der Waals surface area contributed by atoms with Crippen molar-refractivity contribution in [2.75, 3.05) is 26.3 Å². The van der Waals surface area contributed by atoms with E-state index in [0.29, 0.717) is 25.3 Å². The molecule has 7 heteroatoms. The molecule has 4 nitrogen and oxygen atoms in total. The van der Waals surface area contributed by atoms with Gasteiger partial charge in [0.2, 0.25) is 9.84 Å². The van der Waals surface area contributed by atoms with Crippen LogP contribution < -0.4 is 0 Å². The number of nitrogens with zero attached hydrogens (tertiary/aromatic N) is 1. The van der Waals surface area contributed by atoms with Gasteiger partial charge in [-0.3, -0.25) is 4.90 Å². The highest BCUT2D eigenvalue weighted by Gasteiger charge is 2.19. The van der Waals surface area contributed by atoms with E-state index in [0.717, 1.165) is 24.7 Å². The summed E-state index contributed by atoms with van der Waals surface area (Å²) in [4.78, 5) is 2.67. The van der Waals surface area contributed by atoms with Crippen molar-refractivity contribution in [3.63, 3.8) is 0 Å². The van der Waals surface area contributed by atoms with Crippen LogP contribution in [-0.2, 0) is 21.1 Å². The van der Waals surface area contributed by atoms with Gasteiger partial charge in [-0.05, 0) is 47.5 Å². The fourth-order valence-electron chi connectivity index (χ4n) is 3.55. The lowest BCUT2D eigenvalue weighted by molar-refractivity contribution is 0.0341. The first-order valence-corrected chi connectivity index (χ1v) is 11.8. The van der Waals surface area contributed by atoms with E-state index in [9.17, 15) is 17.2 Å². The van der Waals surface area contributed by atoms with Gasteiger partial charge in [-0.25, -0.2) is 17.2 Å². The third-order valence-electron chi connectivity index (χ3n) is 5.33. The minimum absolute atomic E-state index is 0.186. The zero-order valence-corrected chi connectivity index (χ0v) is 18.2. The van der Waals surface area contributed by atoms with Crippen LogP contribution in [0, 0.1) is 11.6 Å². The van der Waals surface area contributed by atoms with Crippen LogP contribution in [0.5, 0.6) is 0 Å². The van der Waals surface area contributed by atoms with E-state index in [4.69, 9.17) is 4.74 Å². The minimum atomic E-state index is -3.67. The fourth-order valence-corrected chi connectivity index (χ4v) is 4.88. The van der Waals surface area contributed by atoms with Gasteiger partial charge < -0.3 is 4.74 Å². The van der Waals surface area contributed by atoms with Crippen molar-refractivity contribution >= 4 is 22.0 Å². The molecule has 1 saturated heterocycles. The Bertz CT molecular complexity index is 1220. The molecular weight excluding hydrogens is 432 g/mol. The normalized spacial score (nSPS) is 15.3. The molecule has 1 heterocycles. The van der Waals surface area contributed by atoms with Crippen LogP contribution in [0.25, 0.3) is 12.2 Å². The Morgan fingerprint density at radius 3 is 2.34 bits per heavy atom. The van der Waals surface area contributed by atoms with Gasteiger partial charge in [-0.1, -0.05) is 36.4 Å². The highest BCUT2D eigenvalue weighted by Crippen LogP contribution is 2.23. The van der Waals surface area contributed by atoms with Gasteiger partial charge in [0, 0.05) is 31.3 Å². The monoisotopic (exact) mass is 455 g/mol. The van der Waals surface area contributed by atoms with E-state index in [1.165, 1.54) is 30.3 Å². The molecule has 3 aromatic rings. The Kier molecular flexibility index (Phi) is 6.79. The molecule has 4 rings (SSSR count). The topological polar surface area (TPSA) is 46.6 Å². The highest BCUT2D eigenvalue weighted by atomic mass is 32.2. The Labute approximate surface area is 186 Å². The SMILES string of the molecule is O=S(=O)(c1ccc(/C=C/c2ccc(F)cc2F)cc1)c1cccc(CN2CCOCC2)c1. The summed E-state index contributed by atoms with van der Waals surface area (Å²) in [7, 11) is -3.67. The smallest absolute Gasteiger partial charge is 0.206 e. The maximum Gasteiger partial charge on any atom is 0.206 e. The highest BCUT2D eigenvalue weighted by molar-refractivity contribution is 7.91. The summed E-state index contributed by atoms with van der Waals surface area (Å²) < 4.78 is 58.4. The average Bonchev–Trinajstić information content (AvgIpc) is 2.80. The largest absolute Gasteiger partial charge is 0.379 e. The van der Waals surface area contributed by atoms with E-state index in [1.54, 1.807) is 36.4 Å². The molecule has 1 aliphatic rings. The van der Waals surface area contributed by atoms with E-state index >= 15 is 0 Å². The summed E-state index contributed by atoms with van der Waals surface area (Å²) in [6.45, 7) is 3.71. The number of sulfone groups is 1. The molecule has 3 aromatic carbocycles. The maximum atomic E-state index is 13.8. The summed E-state index contributed by atoms with van der Waals surface area (Å²) in [5.74, 6) is -1.29. The molecule has 166 valence electrons. The van der Waals surface area contributed by atoms with Crippen LogP contribution >= 0.6 is 0 Å². The molecule has 0 bridgehead atoms. The van der Waals surface area contributed by atoms with Gasteiger partial charge >= 0.3 is 0 Å². The molecule has 0 radical (unpaired) electrons. The summed E-state index contributed by atoms with van der Waals surface area (Å²) in [6.07, 6.45) is 3.17. The van der Waals surface area contributed by atoms with E-state index < -0.39 is 21.5 Å². The van der Waals surface area contributed by atoms with E-state index in [2.05, 4.69) is 4.90 Å². The average molecular weight is 456 g/mol. The molecule has 0 amide bonds. The quantitative estimate of drug-likeness (QED) is 0.501. The summed E-state index contributed by atoms with van der Waals surface area (Å²) in [5, 5.41) is 0. The molecule has 0 saturated carbocycles. The number of rotatable bonds is 6. The van der Waals surface area contributed by atoms with Crippen molar-refractivity contribution in [1.82, 2.24) is 4.90 Å². The lowest BCUT2D eigenvalue weighted by Gasteiger charge is -2.26. The standard InChI is InChI=1S/C25H23F2NO3S/c26-22-9-8-21(25(27)17-22)7-4-19-5-10-23(11-6-19)32(29,30)24-3-1-2-20(16-24)18-28-12-14-31-15-13-28/h1-11,16-17H,12-15,18H2/b7-4+. The first-order chi connectivity index (χ1) is 15.4. The second kappa shape index (κ2) is 9.73. The lowest BCUT2D eigenvalue weighted by atomic mass is 10.1. The van der Waals surface area contributed by atoms with Gasteiger partial charge in [0.25, 0.3) is 0 Å². The van der Waals surface area contributed by atoms with Crippen LogP contribution in [0.3, 0.4) is 0 Å². The number of halogens is 2. The maximum absolute atomic E-state index is 13.8. The predicted molar refractivity (Wildman–Crippen MR) is 120 cm³/mol. The molecule has 0 spiro atoms. The molecule has 0 aromatic heterocycles. The Morgan fingerprint density at radius 2 is 1.62 bits per heavy atom. The summed E-state index contributed by atoms with van der Waals surface area (Å²) in [5.41, 5.74) is 1.89. The van der Waals surface area contributed by atoms with Crippen molar-refractivity contribution < 1.29 is 21.9 Å². The Balaban J connectivity index is 1.50. The molecule has 32 heavy (non-hydrogen) atoms. The van der Waals surface area contributed by atoms with E-state index in [1.807, 2.05) is 6.07 Å². The van der Waals surface area contributed by atoms with Crippen LogP contribution in [-0.4, -0.2) is 39.6 Å². The second-order valence-electron chi connectivity index (χ2n) is 7.61. The van der Waals surface area contributed by atoms with Crippen molar-refractivity contribution in [3.05, 3.63) is 95.1 Å². The third kappa shape index (κ3) is 5.30. The van der Waals surface area contributed by atoms with Crippen molar-refractivity contribution in [2.45, 2.75) is 16.3 Å². The van der Waals surface area contributed by atoms with Crippen LogP contribution in [0.1, 0.15) is 16.7 Å². The first-order valence-electron chi connectivity index (χ1n) is 10.3. The Hall–Kier alpha value is -2.87. The molecule has 0 unspecified atom stereocenters. The van der Waals surface area contributed by atoms with Crippen molar-refractivity contribution in [2.24, 2.45) is 0 Å². The molecule has 0 aliphatic carbocycles. The zero-order chi connectivity index (χ0) is 22.6. The summed E-state index contributed by atoms with van der Waals surface area (Å²) >= 11 is 0. The zero-order valence-electron chi connectivity index (χ0n) is 17.4.